The number of hydrogen-bond acceptors (Lipinski definition) is 5. The molecule has 7 nitrogen and oxygen atoms in total. The van der Waals surface area contributed by atoms with Crippen molar-refractivity contribution in [2.75, 3.05) is 11.5 Å². The number of fused-ring (bicyclic) bond motifs is 4. The number of rotatable bonds is 3. The van der Waals surface area contributed by atoms with Crippen LogP contribution in [0.1, 0.15) is 46.9 Å². The fourth-order valence-corrected chi connectivity index (χ4v) is 4.62. The first-order chi connectivity index (χ1) is 15.9. The quantitative estimate of drug-likeness (QED) is 0.415. The minimum atomic E-state index is -0.0752. The first-order valence-corrected chi connectivity index (χ1v) is 11.2. The summed E-state index contributed by atoms with van der Waals surface area (Å²) >= 11 is 0. The molecule has 2 aromatic heterocycles. The van der Waals surface area contributed by atoms with Crippen molar-refractivity contribution in [3.8, 4) is 0 Å². The summed E-state index contributed by atoms with van der Waals surface area (Å²) in [6, 6.07) is 13.4. The maximum Gasteiger partial charge on any atom is 0.251 e. The van der Waals surface area contributed by atoms with Crippen LogP contribution in [0.25, 0.3) is 21.8 Å². The van der Waals surface area contributed by atoms with Crippen LogP contribution in [0.3, 0.4) is 0 Å². The van der Waals surface area contributed by atoms with Gasteiger partial charge in [-0.05, 0) is 74.1 Å². The molecule has 1 aliphatic carbocycles. The average Bonchev–Trinajstić information content (AvgIpc) is 3.10. The molecule has 0 saturated heterocycles. The van der Waals surface area contributed by atoms with Crippen molar-refractivity contribution in [1.29, 1.82) is 0 Å². The molecule has 7 heteroatoms. The molecule has 5 rings (SSSR count). The Morgan fingerprint density at radius 1 is 1.09 bits per heavy atom. The van der Waals surface area contributed by atoms with E-state index in [1.165, 1.54) is 41.9 Å². The van der Waals surface area contributed by atoms with E-state index in [0.717, 1.165) is 35.6 Å². The second-order valence-electron chi connectivity index (χ2n) is 8.33. The number of nitrogens with two attached hydrogens (primary N) is 2. The van der Waals surface area contributed by atoms with E-state index in [9.17, 15) is 4.79 Å². The van der Waals surface area contributed by atoms with Crippen molar-refractivity contribution in [2.45, 2.75) is 39.2 Å². The number of aldehydes is 1. The second kappa shape index (κ2) is 9.32. The molecule has 0 saturated carbocycles. The summed E-state index contributed by atoms with van der Waals surface area (Å²) in [7, 11) is 2.13. The van der Waals surface area contributed by atoms with Gasteiger partial charge in [-0.3, -0.25) is 4.79 Å². The molecule has 0 spiro atoms. The summed E-state index contributed by atoms with van der Waals surface area (Å²) in [6.45, 7) is 1.86. The van der Waals surface area contributed by atoms with Gasteiger partial charge in [0.25, 0.3) is 5.91 Å². The molecule has 1 amide bonds. The Morgan fingerprint density at radius 3 is 2.64 bits per heavy atom. The smallest absolute Gasteiger partial charge is 0.251 e. The van der Waals surface area contributed by atoms with Crippen LogP contribution < -0.4 is 16.8 Å². The van der Waals surface area contributed by atoms with E-state index in [-0.39, 0.29) is 5.91 Å². The number of nitrogens with one attached hydrogen (secondary N) is 1. The summed E-state index contributed by atoms with van der Waals surface area (Å²) in [5, 5.41) is 5.08. The lowest BCUT2D eigenvalue weighted by Crippen LogP contribution is -2.22. The third kappa shape index (κ3) is 4.39. The van der Waals surface area contributed by atoms with Gasteiger partial charge in [-0.1, -0.05) is 6.07 Å². The second-order valence-corrected chi connectivity index (χ2v) is 8.33. The lowest BCUT2D eigenvalue weighted by Gasteiger charge is -2.13. The zero-order chi connectivity index (χ0) is 23.5. The lowest BCUT2D eigenvalue weighted by atomic mass is 9.95. The standard InChI is InChI=1S/C24H25N5O.C2H4O/c1-29-21-5-3-2-4-16(21)17-11-15(7-9-22(17)29)24(30)27-13-14-6-8-20-18(10-14)19(25)12-23(26)28-20;1-2-3/h6-12H,2-5,13H2,1H3,(H,27,30)(H4,25,26,28);2H,1H3. The first-order valence-electron chi connectivity index (χ1n) is 11.2. The number of pyridine rings is 1. The highest BCUT2D eigenvalue weighted by Gasteiger charge is 2.19. The Bertz CT molecular complexity index is 1360. The van der Waals surface area contributed by atoms with E-state index >= 15 is 0 Å². The Balaban J connectivity index is 0.000000821. The fourth-order valence-electron chi connectivity index (χ4n) is 4.62. The molecule has 4 aromatic rings. The van der Waals surface area contributed by atoms with E-state index in [0.29, 0.717) is 23.6 Å². The van der Waals surface area contributed by atoms with Crippen LogP contribution in [-0.4, -0.2) is 21.7 Å². The van der Waals surface area contributed by atoms with Crippen molar-refractivity contribution in [2.24, 2.45) is 7.05 Å². The molecule has 5 N–H and O–H groups in total. The van der Waals surface area contributed by atoms with E-state index in [1.54, 1.807) is 6.07 Å². The highest BCUT2D eigenvalue weighted by atomic mass is 16.1. The number of carbonyl (C=O) groups excluding carboxylic acids is 2. The Hall–Kier alpha value is -3.87. The largest absolute Gasteiger partial charge is 0.398 e. The zero-order valence-electron chi connectivity index (χ0n) is 19.0. The zero-order valence-corrected chi connectivity index (χ0v) is 19.0. The first kappa shape index (κ1) is 22.3. The van der Waals surface area contributed by atoms with Gasteiger partial charge in [-0.15, -0.1) is 0 Å². The predicted octanol–water partition coefficient (Wildman–Crippen LogP) is 3.90. The molecule has 0 atom stereocenters. The monoisotopic (exact) mass is 443 g/mol. The molecule has 2 aromatic carbocycles. The molecule has 2 heterocycles. The van der Waals surface area contributed by atoms with Gasteiger partial charge in [0.15, 0.2) is 0 Å². The average molecular weight is 444 g/mol. The summed E-state index contributed by atoms with van der Waals surface area (Å²) in [4.78, 5) is 25.9. The number of hydrogen-bond donors (Lipinski definition) is 3. The Labute approximate surface area is 192 Å². The Kier molecular flexibility index (Phi) is 6.31. The van der Waals surface area contributed by atoms with Gasteiger partial charge in [0.05, 0.1) is 5.52 Å². The molecule has 1 aliphatic rings. The normalized spacial score (nSPS) is 12.7. The number of benzene rings is 2. The number of amides is 1. The van der Waals surface area contributed by atoms with Gasteiger partial charge in [0.2, 0.25) is 0 Å². The highest BCUT2D eigenvalue weighted by molar-refractivity contribution is 5.99. The summed E-state index contributed by atoms with van der Waals surface area (Å²) < 4.78 is 2.28. The predicted molar refractivity (Wildman–Crippen MR) is 133 cm³/mol. The van der Waals surface area contributed by atoms with Crippen molar-refractivity contribution in [3.63, 3.8) is 0 Å². The number of carbonyl (C=O) groups is 2. The minimum Gasteiger partial charge on any atom is -0.398 e. The fraction of sp³-hybridized carbons (Fsp3) is 0.269. The van der Waals surface area contributed by atoms with E-state index in [4.69, 9.17) is 16.3 Å². The lowest BCUT2D eigenvalue weighted by molar-refractivity contribution is -0.106. The number of aromatic nitrogens is 2. The van der Waals surface area contributed by atoms with Gasteiger partial charge in [0.1, 0.15) is 12.1 Å². The molecule has 0 bridgehead atoms. The summed E-state index contributed by atoms with van der Waals surface area (Å²) in [5.74, 6) is 0.327. The molecule has 0 aliphatic heterocycles. The topological polar surface area (TPSA) is 116 Å². The third-order valence-electron chi connectivity index (χ3n) is 6.17. The van der Waals surface area contributed by atoms with Gasteiger partial charge in [0, 0.05) is 52.9 Å². The van der Waals surface area contributed by atoms with Crippen LogP contribution >= 0.6 is 0 Å². The number of nitrogen functional groups attached to an aromatic ring is 2. The van der Waals surface area contributed by atoms with E-state index in [2.05, 4.69) is 28.0 Å². The molecule has 33 heavy (non-hydrogen) atoms. The summed E-state index contributed by atoms with van der Waals surface area (Å²) in [6.07, 6.45) is 5.42. The number of nitrogens with zero attached hydrogens (tertiary/aromatic N) is 2. The van der Waals surface area contributed by atoms with Crippen molar-refractivity contribution >= 4 is 45.5 Å². The summed E-state index contributed by atoms with van der Waals surface area (Å²) in [5.41, 5.74) is 18.9. The number of aryl methyl sites for hydroxylation is 2. The van der Waals surface area contributed by atoms with E-state index in [1.807, 2.05) is 30.3 Å². The van der Waals surface area contributed by atoms with Crippen LogP contribution in [0, 0.1) is 0 Å². The van der Waals surface area contributed by atoms with Crippen LogP contribution in [-0.2, 0) is 31.2 Å². The van der Waals surface area contributed by atoms with Crippen molar-refractivity contribution in [1.82, 2.24) is 14.9 Å². The number of anilines is 2. The van der Waals surface area contributed by atoms with Crippen LogP contribution in [0.4, 0.5) is 11.5 Å². The van der Waals surface area contributed by atoms with Crippen molar-refractivity contribution in [3.05, 3.63) is 64.8 Å². The van der Waals surface area contributed by atoms with Gasteiger partial charge >= 0.3 is 0 Å². The third-order valence-corrected chi connectivity index (χ3v) is 6.17. The van der Waals surface area contributed by atoms with Crippen LogP contribution in [0.5, 0.6) is 0 Å². The highest BCUT2D eigenvalue weighted by Crippen LogP contribution is 2.32. The molecule has 0 fully saturated rings. The SMILES string of the molecule is CC=O.Cn1c2c(c3cc(C(=O)NCc4ccc5nc(N)cc(N)c5c4)ccc31)CCCC2. The Morgan fingerprint density at radius 2 is 1.85 bits per heavy atom. The molecule has 0 radical (unpaired) electrons. The molecular formula is C26H29N5O2. The van der Waals surface area contributed by atoms with E-state index < -0.39 is 0 Å². The van der Waals surface area contributed by atoms with Crippen molar-refractivity contribution < 1.29 is 9.59 Å². The maximum absolute atomic E-state index is 12.8. The van der Waals surface area contributed by atoms with Gasteiger partial charge in [-0.25, -0.2) is 4.98 Å². The molecule has 0 unspecified atom stereocenters. The van der Waals surface area contributed by atoms with Crippen LogP contribution in [0.15, 0.2) is 42.5 Å². The molecule has 170 valence electrons. The minimum absolute atomic E-state index is 0.0752. The molecular weight excluding hydrogens is 414 g/mol. The van der Waals surface area contributed by atoms with Crippen LogP contribution in [0.2, 0.25) is 0 Å². The maximum atomic E-state index is 12.8. The van der Waals surface area contributed by atoms with Gasteiger partial charge < -0.3 is 26.1 Å². The van der Waals surface area contributed by atoms with Gasteiger partial charge in [-0.2, -0.15) is 0 Å².